The van der Waals surface area contributed by atoms with Gasteiger partial charge in [-0.1, -0.05) is 65.7 Å². The third-order valence-corrected chi connectivity index (χ3v) is 6.54. The van der Waals surface area contributed by atoms with Crippen LogP contribution in [0.2, 0.25) is 0 Å². The Morgan fingerprint density at radius 1 is 1.00 bits per heavy atom. The number of aromatic nitrogens is 1. The molecule has 0 aliphatic carbocycles. The lowest BCUT2D eigenvalue weighted by molar-refractivity contribution is 0.111. The molecule has 0 spiro atoms. The maximum Gasteiger partial charge on any atom is 0.166 e. The Bertz CT molecular complexity index is 734. The zero-order valence-corrected chi connectivity index (χ0v) is 19.0. The molecule has 3 heteroatoms. The zero-order chi connectivity index (χ0) is 20.7. The maximum atomic E-state index is 11.4. The number of aldehydes is 1. The lowest BCUT2D eigenvalue weighted by Gasteiger charge is -2.17. The molecule has 0 aromatic carbocycles. The summed E-state index contributed by atoms with van der Waals surface area (Å²) in [6.45, 7) is 13.1. The van der Waals surface area contributed by atoms with Crippen molar-refractivity contribution in [1.29, 1.82) is 0 Å². The van der Waals surface area contributed by atoms with Crippen LogP contribution in [-0.2, 0) is 0 Å². The molecular formula is C25H40N2O. The Balaban J connectivity index is 2.13. The zero-order valence-electron chi connectivity index (χ0n) is 19.0. The molecule has 1 aliphatic heterocycles. The van der Waals surface area contributed by atoms with Gasteiger partial charge >= 0.3 is 0 Å². The molecule has 3 nitrogen and oxygen atoms in total. The Morgan fingerprint density at radius 3 is 2.11 bits per heavy atom. The van der Waals surface area contributed by atoms with Crippen LogP contribution in [0.1, 0.15) is 119 Å². The molecule has 1 aromatic rings. The summed E-state index contributed by atoms with van der Waals surface area (Å²) in [6, 6.07) is 0. The van der Waals surface area contributed by atoms with Gasteiger partial charge in [-0.15, -0.1) is 0 Å². The molecule has 0 saturated heterocycles. The van der Waals surface area contributed by atoms with E-state index in [-0.39, 0.29) is 5.41 Å². The molecule has 156 valence electrons. The van der Waals surface area contributed by atoms with Gasteiger partial charge in [0.05, 0.1) is 5.69 Å². The largest absolute Gasteiger partial charge is 0.352 e. The molecule has 0 unspecified atom stereocenters. The van der Waals surface area contributed by atoms with Crippen molar-refractivity contribution in [2.24, 2.45) is 10.4 Å². The number of H-pyrrole nitrogens is 1. The van der Waals surface area contributed by atoms with Crippen molar-refractivity contribution in [2.45, 2.75) is 106 Å². The number of hydrogen-bond acceptors (Lipinski definition) is 2. The van der Waals surface area contributed by atoms with Crippen molar-refractivity contribution in [2.75, 3.05) is 0 Å². The second-order valence-electron chi connectivity index (χ2n) is 9.19. The minimum Gasteiger partial charge on any atom is -0.352 e. The van der Waals surface area contributed by atoms with Gasteiger partial charge in [-0.05, 0) is 50.3 Å². The molecule has 2 rings (SSSR count). The Kier molecular flexibility index (Phi) is 8.27. The molecule has 1 aromatic heterocycles. The average molecular weight is 385 g/mol. The van der Waals surface area contributed by atoms with E-state index in [0.717, 1.165) is 30.4 Å². The fourth-order valence-corrected chi connectivity index (χ4v) is 4.09. The van der Waals surface area contributed by atoms with Gasteiger partial charge in [-0.25, -0.2) is 0 Å². The Hall–Kier alpha value is -1.64. The third-order valence-electron chi connectivity index (χ3n) is 6.54. The van der Waals surface area contributed by atoms with Gasteiger partial charge in [0.1, 0.15) is 0 Å². The van der Waals surface area contributed by atoms with Crippen LogP contribution in [0.5, 0.6) is 0 Å². The highest BCUT2D eigenvalue weighted by Gasteiger charge is 2.31. The van der Waals surface area contributed by atoms with E-state index in [4.69, 9.17) is 4.99 Å². The molecule has 2 heterocycles. The van der Waals surface area contributed by atoms with Crippen molar-refractivity contribution in [3.8, 4) is 0 Å². The minimum atomic E-state index is 0.128. The second kappa shape index (κ2) is 10.2. The molecule has 1 N–H and O–H groups in total. The van der Waals surface area contributed by atoms with Gasteiger partial charge < -0.3 is 4.98 Å². The summed E-state index contributed by atoms with van der Waals surface area (Å²) in [7, 11) is 0. The highest BCUT2D eigenvalue weighted by Crippen LogP contribution is 2.41. The molecule has 28 heavy (non-hydrogen) atoms. The van der Waals surface area contributed by atoms with Crippen LogP contribution in [0, 0.1) is 19.3 Å². The van der Waals surface area contributed by atoms with Crippen molar-refractivity contribution < 1.29 is 4.79 Å². The van der Waals surface area contributed by atoms with Crippen LogP contribution in [-0.4, -0.2) is 17.0 Å². The maximum absolute atomic E-state index is 11.4. The van der Waals surface area contributed by atoms with Crippen LogP contribution in [0.3, 0.4) is 0 Å². The Labute approximate surface area is 172 Å². The van der Waals surface area contributed by atoms with E-state index in [2.05, 4.69) is 39.6 Å². The predicted molar refractivity (Wildman–Crippen MR) is 121 cm³/mol. The molecule has 0 radical (unpaired) electrons. The second-order valence-corrected chi connectivity index (χ2v) is 9.19. The number of aliphatic imine (C=N–C) groups is 1. The van der Waals surface area contributed by atoms with Crippen LogP contribution in [0.25, 0.3) is 5.57 Å². The lowest BCUT2D eigenvalue weighted by Crippen LogP contribution is -2.15. The monoisotopic (exact) mass is 384 g/mol. The number of allylic oxidation sites excluding steroid dienone is 2. The quantitative estimate of drug-likeness (QED) is 0.310. The summed E-state index contributed by atoms with van der Waals surface area (Å²) in [4.78, 5) is 19.8. The van der Waals surface area contributed by atoms with E-state index in [1.54, 1.807) is 0 Å². The van der Waals surface area contributed by atoms with Crippen LogP contribution in [0.4, 0.5) is 0 Å². The summed E-state index contributed by atoms with van der Waals surface area (Å²) in [5.41, 5.74) is 7.98. The first-order valence-electron chi connectivity index (χ1n) is 11.2. The molecule has 0 atom stereocenters. The number of nitrogens with zero attached hydrogens (tertiary/aromatic N) is 1. The number of carbonyl (C=O) groups is 1. The molecule has 1 aliphatic rings. The number of aromatic amines is 1. The predicted octanol–water partition coefficient (Wildman–Crippen LogP) is 7.58. The van der Waals surface area contributed by atoms with Crippen LogP contribution in [0.15, 0.2) is 10.7 Å². The van der Waals surface area contributed by atoms with Crippen molar-refractivity contribution in [3.05, 3.63) is 28.2 Å². The summed E-state index contributed by atoms with van der Waals surface area (Å²) in [5, 5.41) is 0. The first kappa shape index (κ1) is 22.6. The number of rotatable bonds is 11. The number of nitrogens with one attached hydrogen (secondary N) is 1. The topological polar surface area (TPSA) is 45.2 Å². The Morgan fingerprint density at radius 2 is 1.61 bits per heavy atom. The molecular weight excluding hydrogens is 344 g/mol. The van der Waals surface area contributed by atoms with E-state index in [0.29, 0.717) is 5.69 Å². The van der Waals surface area contributed by atoms with Crippen molar-refractivity contribution in [1.82, 2.24) is 4.98 Å². The fourth-order valence-electron chi connectivity index (χ4n) is 4.09. The highest BCUT2D eigenvalue weighted by molar-refractivity contribution is 5.92. The standard InChI is InChI=1S/C25H40N2O/c1-7-8-9-10-11-12-13-14-15-21(22-16-25(5,6)20(4)26-22)24-19(3)18(2)23(17-28)27-24/h17,27H,7-16H2,1-6H3/b22-21-. The normalized spacial score (nSPS) is 17.7. The van der Waals surface area contributed by atoms with Gasteiger partial charge in [0, 0.05) is 28.9 Å². The van der Waals surface area contributed by atoms with Crippen molar-refractivity contribution in [3.63, 3.8) is 0 Å². The van der Waals surface area contributed by atoms with Gasteiger partial charge in [0.2, 0.25) is 0 Å². The summed E-state index contributed by atoms with van der Waals surface area (Å²) >= 11 is 0. The SMILES string of the molecule is CCCCCCCCCC/C(=C1\CC(C)(C)C(C)=N1)c1[nH]c(C=O)c(C)c1C. The summed E-state index contributed by atoms with van der Waals surface area (Å²) in [6.07, 6.45) is 13.5. The van der Waals surface area contributed by atoms with Gasteiger partial charge in [0.15, 0.2) is 6.29 Å². The van der Waals surface area contributed by atoms with E-state index in [1.165, 1.54) is 73.9 Å². The fraction of sp³-hybridized carbons (Fsp3) is 0.680. The molecule has 0 fully saturated rings. The van der Waals surface area contributed by atoms with Gasteiger partial charge in [-0.2, -0.15) is 0 Å². The van der Waals surface area contributed by atoms with Crippen LogP contribution < -0.4 is 0 Å². The van der Waals surface area contributed by atoms with E-state index >= 15 is 0 Å². The molecule has 0 amide bonds. The number of carbonyl (C=O) groups excluding carboxylic acids is 1. The summed E-state index contributed by atoms with van der Waals surface area (Å²) in [5.74, 6) is 0. The molecule has 0 bridgehead atoms. The van der Waals surface area contributed by atoms with Crippen LogP contribution >= 0.6 is 0 Å². The molecule has 0 saturated carbocycles. The third kappa shape index (κ3) is 5.46. The summed E-state index contributed by atoms with van der Waals surface area (Å²) < 4.78 is 0. The van der Waals surface area contributed by atoms with Gasteiger partial charge in [-0.3, -0.25) is 9.79 Å². The minimum absolute atomic E-state index is 0.128. The van der Waals surface area contributed by atoms with E-state index < -0.39 is 0 Å². The number of hydrogen-bond donors (Lipinski definition) is 1. The smallest absolute Gasteiger partial charge is 0.166 e. The first-order chi connectivity index (χ1) is 13.3. The van der Waals surface area contributed by atoms with E-state index in [9.17, 15) is 4.79 Å². The van der Waals surface area contributed by atoms with Crippen molar-refractivity contribution >= 4 is 17.6 Å². The number of unbranched alkanes of at least 4 members (excludes halogenated alkanes) is 7. The van der Waals surface area contributed by atoms with Gasteiger partial charge in [0.25, 0.3) is 0 Å². The highest BCUT2D eigenvalue weighted by atomic mass is 16.1. The van der Waals surface area contributed by atoms with E-state index in [1.807, 2.05) is 6.92 Å². The first-order valence-corrected chi connectivity index (χ1v) is 11.2. The average Bonchev–Trinajstić information content (AvgIpc) is 3.09. The lowest BCUT2D eigenvalue weighted by atomic mass is 9.85.